The molecule has 9 aromatic carbocycles. The van der Waals surface area contributed by atoms with Gasteiger partial charge in [0.1, 0.15) is 11.5 Å². The SMILES string of the molecule is c1ccc(-c2nc(-c3ccccc3)nc(-c3ccc4c(ccc5c4c4ccccc4n5-c4cccc5c4-c4ccccc4C54c5ccccc5Oc5ccccc54)c3)n2)cc1. The second kappa shape index (κ2) is 12.9. The van der Waals surface area contributed by atoms with Gasteiger partial charge in [-0.2, -0.15) is 0 Å². The van der Waals surface area contributed by atoms with Crippen molar-refractivity contribution in [1.29, 1.82) is 0 Å². The number of benzene rings is 9. The first-order chi connectivity index (χ1) is 30.3. The van der Waals surface area contributed by atoms with E-state index in [-0.39, 0.29) is 0 Å². The standard InChI is InChI=1S/C56H34N4O/c1-3-16-35(17-4-1)53-57-54(36-18-5-2-6-19-36)59-55(58-53)38-30-32-39-37(34-38)31-33-48-51(39)41-21-8-12-26-46(41)60(48)47-27-15-25-45-52(47)40-20-7-9-22-42(40)56(45)43-23-10-13-28-49(43)61-50-29-14-11-24-44(50)56/h1-34H. The highest BCUT2D eigenvalue weighted by molar-refractivity contribution is 6.22. The average Bonchev–Trinajstić information content (AvgIpc) is 3.83. The van der Waals surface area contributed by atoms with Crippen LogP contribution in [-0.4, -0.2) is 19.5 Å². The zero-order valence-corrected chi connectivity index (χ0v) is 32.8. The third-order valence-corrected chi connectivity index (χ3v) is 12.7. The molecule has 0 radical (unpaired) electrons. The van der Waals surface area contributed by atoms with E-state index in [0.29, 0.717) is 17.5 Å². The fourth-order valence-electron chi connectivity index (χ4n) is 10.2. The molecule has 13 rings (SSSR count). The maximum Gasteiger partial charge on any atom is 0.164 e. The summed E-state index contributed by atoms with van der Waals surface area (Å²) in [4.78, 5) is 15.0. The Labute approximate surface area is 351 Å². The summed E-state index contributed by atoms with van der Waals surface area (Å²) in [5.74, 6) is 3.72. The van der Waals surface area contributed by atoms with E-state index >= 15 is 0 Å². The smallest absolute Gasteiger partial charge is 0.164 e. The van der Waals surface area contributed by atoms with Gasteiger partial charge in [0.25, 0.3) is 0 Å². The minimum Gasteiger partial charge on any atom is -0.457 e. The van der Waals surface area contributed by atoms with Crippen molar-refractivity contribution in [2.75, 3.05) is 0 Å². The summed E-state index contributed by atoms with van der Waals surface area (Å²) in [5, 5.41) is 4.71. The number of nitrogens with zero attached hydrogens (tertiary/aromatic N) is 4. The van der Waals surface area contributed by atoms with Gasteiger partial charge in [-0.25, -0.2) is 15.0 Å². The van der Waals surface area contributed by atoms with E-state index in [1.165, 1.54) is 38.4 Å². The maximum atomic E-state index is 6.63. The van der Waals surface area contributed by atoms with Crippen molar-refractivity contribution in [3.63, 3.8) is 0 Å². The molecule has 1 aliphatic carbocycles. The quantitative estimate of drug-likeness (QED) is 0.179. The van der Waals surface area contributed by atoms with Crippen molar-refractivity contribution < 1.29 is 4.74 Å². The number of aromatic nitrogens is 4. The summed E-state index contributed by atoms with van der Waals surface area (Å²) in [7, 11) is 0. The number of hydrogen-bond donors (Lipinski definition) is 0. The van der Waals surface area contributed by atoms with Gasteiger partial charge >= 0.3 is 0 Å². The fourth-order valence-corrected chi connectivity index (χ4v) is 10.2. The highest BCUT2D eigenvalue weighted by Gasteiger charge is 2.51. The van der Waals surface area contributed by atoms with E-state index in [1.54, 1.807) is 0 Å². The molecule has 0 amide bonds. The van der Waals surface area contributed by atoms with Crippen molar-refractivity contribution in [2.24, 2.45) is 0 Å². The molecule has 284 valence electrons. The van der Waals surface area contributed by atoms with Gasteiger partial charge < -0.3 is 9.30 Å². The van der Waals surface area contributed by atoms with Gasteiger partial charge in [0.2, 0.25) is 0 Å². The summed E-state index contributed by atoms with van der Waals surface area (Å²) in [6.07, 6.45) is 0. The highest BCUT2D eigenvalue weighted by atomic mass is 16.5. The topological polar surface area (TPSA) is 52.8 Å². The van der Waals surface area contributed by atoms with E-state index in [4.69, 9.17) is 19.7 Å². The Kier molecular flexibility index (Phi) is 7.16. The summed E-state index contributed by atoms with van der Waals surface area (Å²) in [5.41, 5.74) is 13.1. The molecule has 5 heteroatoms. The van der Waals surface area contributed by atoms with E-state index in [0.717, 1.165) is 61.4 Å². The summed E-state index contributed by atoms with van der Waals surface area (Å²) in [6.45, 7) is 0. The normalized spacial score (nSPS) is 13.2. The fraction of sp³-hybridized carbons (Fsp3) is 0.0179. The zero-order valence-electron chi connectivity index (χ0n) is 32.8. The lowest BCUT2D eigenvalue weighted by molar-refractivity contribution is 0.436. The lowest BCUT2D eigenvalue weighted by Crippen LogP contribution is -2.32. The van der Waals surface area contributed by atoms with Crippen molar-refractivity contribution in [2.45, 2.75) is 5.41 Å². The monoisotopic (exact) mass is 778 g/mol. The molecule has 2 aliphatic rings. The van der Waals surface area contributed by atoms with Gasteiger partial charge in [-0.05, 0) is 63.9 Å². The Hall–Kier alpha value is -8.15. The van der Waals surface area contributed by atoms with Crippen LogP contribution >= 0.6 is 0 Å². The van der Waals surface area contributed by atoms with E-state index in [9.17, 15) is 0 Å². The third-order valence-electron chi connectivity index (χ3n) is 12.7. The van der Waals surface area contributed by atoms with Crippen LogP contribution in [0.4, 0.5) is 0 Å². The molecule has 0 N–H and O–H groups in total. The summed E-state index contributed by atoms with van der Waals surface area (Å²) >= 11 is 0. The molecule has 61 heavy (non-hydrogen) atoms. The molecular formula is C56H34N4O. The minimum absolute atomic E-state index is 0.551. The first-order valence-corrected chi connectivity index (χ1v) is 20.7. The molecule has 1 aliphatic heterocycles. The molecule has 5 nitrogen and oxygen atoms in total. The number of ether oxygens (including phenoxy) is 1. The third kappa shape index (κ3) is 4.80. The molecule has 0 fully saturated rings. The Morgan fingerprint density at radius 3 is 1.67 bits per heavy atom. The van der Waals surface area contributed by atoms with E-state index < -0.39 is 5.41 Å². The van der Waals surface area contributed by atoms with Gasteiger partial charge in [0.05, 0.1) is 22.1 Å². The first kappa shape index (κ1) is 33.8. The van der Waals surface area contributed by atoms with Gasteiger partial charge in [-0.1, -0.05) is 170 Å². The zero-order chi connectivity index (χ0) is 40.1. The molecule has 0 saturated carbocycles. The summed E-state index contributed by atoms with van der Waals surface area (Å²) in [6, 6.07) is 73.1. The van der Waals surface area contributed by atoms with Crippen molar-refractivity contribution >= 4 is 32.6 Å². The van der Waals surface area contributed by atoms with Crippen molar-refractivity contribution in [3.8, 4) is 62.5 Å². The molecule has 0 saturated heterocycles. The Balaban J connectivity index is 1.04. The Bertz CT molecular complexity index is 3470. The van der Waals surface area contributed by atoms with Crippen LogP contribution in [0.15, 0.2) is 206 Å². The van der Waals surface area contributed by atoms with Crippen LogP contribution in [0.1, 0.15) is 22.3 Å². The maximum absolute atomic E-state index is 6.63. The molecule has 1 spiro atoms. The van der Waals surface area contributed by atoms with Crippen molar-refractivity contribution in [3.05, 3.63) is 229 Å². The minimum atomic E-state index is -0.551. The molecule has 0 bridgehead atoms. The number of rotatable bonds is 4. The second-order valence-corrected chi connectivity index (χ2v) is 15.9. The predicted molar refractivity (Wildman–Crippen MR) is 245 cm³/mol. The molecule has 0 atom stereocenters. The second-order valence-electron chi connectivity index (χ2n) is 15.9. The predicted octanol–water partition coefficient (Wildman–Crippen LogP) is 13.6. The van der Waals surface area contributed by atoms with Crippen LogP contribution < -0.4 is 4.74 Å². The van der Waals surface area contributed by atoms with Gasteiger partial charge in [0.15, 0.2) is 17.5 Å². The van der Waals surface area contributed by atoms with Crippen LogP contribution in [0.5, 0.6) is 11.5 Å². The van der Waals surface area contributed by atoms with Crippen LogP contribution in [0.25, 0.3) is 83.6 Å². The first-order valence-electron chi connectivity index (χ1n) is 20.7. The lowest BCUT2D eigenvalue weighted by atomic mass is 9.66. The van der Waals surface area contributed by atoms with Gasteiger partial charge in [-0.15, -0.1) is 0 Å². The number of fused-ring (bicyclic) bond motifs is 14. The van der Waals surface area contributed by atoms with Crippen LogP contribution in [0.3, 0.4) is 0 Å². The van der Waals surface area contributed by atoms with E-state index in [2.05, 4.69) is 150 Å². The number of hydrogen-bond acceptors (Lipinski definition) is 4. The molecule has 11 aromatic rings. The number of para-hydroxylation sites is 3. The largest absolute Gasteiger partial charge is 0.457 e. The van der Waals surface area contributed by atoms with Gasteiger partial charge in [-0.3, -0.25) is 0 Å². The van der Waals surface area contributed by atoms with Crippen LogP contribution in [-0.2, 0) is 5.41 Å². The summed E-state index contributed by atoms with van der Waals surface area (Å²) < 4.78 is 9.11. The Morgan fingerprint density at radius 1 is 0.393 bits per heavy atom. The highest BCUT2D eigenvalue weighted by Crippen LogP contribution is 2.63. The van der Waals surface area contributed by atoms with Crippen LogP contribution in [0.2, 0.25) is 0 Å². The molecule has 3 heterocycles. The molecular weight excluding hydrogens is 745 g/mol. The van der Waals surface area contributed by atoms with Gasteiger partial charge in [0, 0.05) is 44.2 Å². The molecule has 2 aromatic heterocycles. The van der Waals surface area contributed by atoms with E-state index in [1.807, 2.05) is 60.7 Å². The van der Waals surface area contributed by atoms with Crippen LogP contribution in [0, 0.1) is 0 Å². The van der Waals surface area contributed by atoms with Crippen molar-refractivity contribution in [1.82, 2.24) is 19.5 Å². The lowest BCUT2D eigenvalue weighted by Gasteiger charge is -2.39. The average molecular weight is 779 g/mol. The Morgan fingerprint density at radius 2 is 0.967 bits per heavy atom. The molecule has 0 unspecified atom stereocenters.